The maximum absolute atomic E-state index is 11.9. The van der Waals surface area contributed by atoms with E-state index in [9.17, 15) is 19.8 Å². The Morgan fingerprint density at radius 1 is 1.53 bits per heavy atom. The number of aliphatic hydroxyl groups excluding tert-OH is 1. The molecule has 0 radical (unpaired) electrons. The molecule has 1 saturated heterocycles. The van der Waals surface area contributed by atoms with Crippen molar-refractivity contribution in [2.24, 2.45) is 0 Å². The third-order valence-corrected chi connectivity index (χ3v) is 4.10. The number of aromatic carboxylic acids is 1. The molecular formula is C12H10N2O4S. The summed E-state index contributed by atoms with van der Waals surface area (Å²) in [6.45, 7) is 0.125. The number of aromatic nitrogens is 1. The molecule has 2 aromatic rings. The van der Waals surface area contributed by atoms with Crippen LogP contribution < -0.4 is 4.90 Å². The smallest absolute Gasteiger partial charge is 0.348 e. The molecule has 0 saturated carbocycles. The van der Waals surface area contributed by atoms with Crippen molar-refractivity contribution in [1.82, 2.24) is 4.98 Å². The second-order valence-electron chi connectivity index (χ2n) is 4.30. The van der Waals surface area contributed by atoms with Gasteiger partial charge in [-0.3, -0.25) is 4.79 Å². The fourth-order valence-corrected chi connectivity index (χ4v) is 3.22. The fourth-order valence-electron chi connectivity index (χ4n) is 2.24. The minimum atomic E-state index is -1.09. The number of rotatable bonds is 2. The summed E-state index contributed by atoms with van der Waals surface area (Å²) < 4.78 is 0. The number of carbonyl (C=O) groups is 2. The zero-order valence-corrected chi connectivity index (χ0v) is 10.6. The summed E-state index contributed by atoms with van der Waals surface area (Å²) >= 11 is 1.04. The molecule has 6 nitrogen and oxygen atoms in total. The number of fused-ring (bicyclic) bond motifs is 1. The Balaban J connectivity index is 2.23. The summed E-state index contributed by atoms with van der Waals surface area (Å²) in [4.78, 5) is 29.3. The van der Waals surface area contributed by atoms with Crippen molar-refractivity contribution in [3.05, 3.63) is 23.2 Å². The normalized spacial score (nSPS) is 19.3. The molecule has 0 spiro atoms. The molecule has 1 fully saturated rings. The van der Waals surface area contributed by atoms with E-state index in [1.54, 1.807) is 18.3 Å². The second kappa shape index (κ2) is 4.29. The number of nitrogens with zero attached hydrogens (tertiary/aromatic N) is 2. The first kappa shape index (κ1) is 12.1. The lowest BCUT2D eigenvalue weighted by Crippen LogP contribution is -2.26. The average Bonchev–Trinajstić information content (AvgIpc) is 2.89. The van der Waals surface area contributed by atoms with Crippen LogP contribution >= 0.6 is 11.3 Å². The van der Waals surface area contributed by atoms with Gasteiger partial charge in [-0.15, -0.1) is 11.3 Å². The van der Waals surface area contributed by atoms with Crippen molar-refractivity contribution in [2.75, 3.05) is 11.4 Å². The molecule has 0 aliphatic carbocycles. The van der Waals surface area contributed by atoms with E-state index in [0.717, 1.165) is 11.3 Å². The molecule has 1 aliphatic heterocycles. The van der Waals surface area contributed by atoms with Gasteiger partial charge < -0.3 is 15.1 Å². The number of pyridine rings is 1. The number of carboxylic acids is 1. The van der Waals surface area contributed by atoms with Gasteiger partial charge in [0, 0.05) is 11.6 Å². The maximum Gasteiger partial charge on any atom is 0.348 e. The largest absolute Gasteiger partial charge is 0.477 e. The standard InChI is InChI=1S/C12H10N2O4S/c15-6-4-8(16)14(5-6)9-7-2-1-3-13-11(7)19-10(9)12(17)18/h1-3,6,15H,4-5H2,(H,17,18). The Labute approximate surface area is 111 Å². The highest BCUT2D eigenvalue weighted by Gasteiger charge is 2.34. The number of carbonyl (C=O) groups excluding carboxylic acids is 1. The average molecular weight is 278 g/mol. The van der Waals surface area contributed by atoms with E-state index in [-0.39, 0.29) is 23.7 Å². The van der Waals surface area contributed by atoms with E-state index in [4.69, 9.17) is 0 Å². The van der Waals surface area contributed by atoms with Crippen LogP contribution in [0, 0.1) is 0 Å². The Bertz CT molecular complexity index is 681. The van der Waals surface area contributed by atoms with Crippen LogP contribution in [0.1, 0.15) is 16.1 Å². The monoisotopic (exact) mass is 278 g/mol. The Kier molecular flexibility index (Phi) is 2.72. The third kappa shape index (κ3) is 1.87. The third-order valence-electron chi connectivity index (χ3n) is 3.01. The number of thiophene rings is 1. The predicted molar refractivity (Wildman–Crippen MR) is 69.6 cm³/mol. The number of hydrogen-bond donors (Lipinski definition) is 2. The second-order valence-corrected chi connectivity index (χ2v) is 5.30. The number of hydrogen-bond acceptors (Lipinski definition) is 5. The highest BCUT2D eigenvalue weighted by atomic mass is 32.1. The first-order valence-electron chi connectivity index (χ1n) is 5.67. The lowest BCUT2D eigenvalue weighted by Gasteiger charge is -2.15. The molecule has 1 unspecified atom stereocenters. The molecule has 1 aliphatic rings. The number of β-amino-alcohol motifs (C(OH)–C–C–N with tert-alkyl or cyclic N) is 1. The van der Waals surface area contributed by atoms with Crippen molar-refractivity contribution in [1.29, 1.82) is 0 Å². The van der Waals surface area contributed by atoms with Crippen molar-refractivity contribution in [3.63, 3.8) is 0 Å². The van der Waals surface area contributed by atoms with Crippen LogP contribution in [0.2, 0.25) is 0 Å². The van der Waals surface area contributed by atoms with Gasteiger partial charge in [0.1, 0.15) is 9.71 Å². The minimum Gasteiger partial charge on any atom is -0.477 e. The number of carboxylic acid groups (broad SMARTS) is 1. The van der Waals surface area contributed by atoms with Gasteiger partial charge in [-0.2, -0.15) is 0 Å². The SMILES string of the molecule is O=C(O)c1sc2ncccc2c1N1CC(O)CC1=O. The fraction of sp³-hybridized carbons (Fsp3) is 0.250. The van der Waals surface area contributed by atoms with Gasteiger partial charge in [0.15, 0.2) is 0 Å². The summed E-state index contributed by atoms with van der Waals surface area (Å²) in [5, 5.41) is 19.4. The zero-order valence-electron chi connectivity index (χ0n) is 9.74. The number of anilines is 1. The molecule has 7 heteroatoms. The van der Waals surface area contributed by atoms with Gasteiger partial charge in [0.25, 0.3) is 0 Å². The van der Waals surface area contributed by atoms with E-state index < -0.39 is 12.1 Å². The van der Waals surface area contributed by atoms with Gasteiger partial charge in [-0.25, -0.2) is 9.78 Å². The maximum atomic E-state index is 11.9. The molecule has 1 amide bonds. The number of amides is 1. The van der Waals surface area contributed by atoms with Crippen LogP contribution in [0.5, 0.6) is 0 Å². The van der Waals surface area contributed by atoms with E-state index in [1.165, 1.54) is 4.90 Å². The van der Waals surface area contributed by atoms with Crippen LogP contribution in [0.25, 0.3) is 10.2 Å². The van der Waals surface area contributed by atoms with Gasteiger partial charge in [-0.05, 0) is 12.1 Å². The Morgan fingerprint density at radius 2 is 2.32 bits per heavy atom. The van der Waals surface area contributed by atoms with Gasteiger partial charge in [-0.1, -0.05) is 0 Å². The van der Waals surface area contributed by atoms with Gasteiger partial charge in [0.05, 0.1) is 24.8 Å². The highest BCUT2D eigenvalue weighted by Crippen LogP contribution is 2.38. The summed E-state index contributed by atoms with van der Waals surface area (Å²) in [6.07, 6.45) is 0.853. The summed E-state index contributed by atoms with van der Waals surface area (Å²) in [5.41, 5.74) is 0.349. The molecule has 3 rings (SSSR count). The molecular weight excluding hydrogens is 268 g/mol. The van der Waals surface area contributed by atoms with Crippen molar-refractivity contribution in [3.8, 4) is 0 Å². The molecule has 3 heterocycles. The Morgan fingerprint density at radius 3 is 2.95 bits per heavy atom. The molecule has 19 heavy (non-hydrogen) atoms. The van der Waals surface area contributed by atoms with Crippen molar-refractivity contribution >= 4 is 39.1 Å². The van der Waals surface area contributed by atoms with Crippen molar-refractivity contribution < 1.29 is 19.8 Å². The first-order valence-corrected chi connectivity index (χ1v) is 6.49. The van der Waals surface area contributed by atoms with Gasteiger partial charge >= 0.3 is 5.97 Å². The van der Waals surface area contributed by atoms with E-state index >= 15 is 0 Å². The van der Waals surface area contributed by atoms with Crippen LogP contribution in [-0.4, -0.2) is 39.7 Å². The molecule has 2 aromatic heterocycles. The molecule has 2 N–H and O–H groups in total. The quantitative estimate of drug-likeness (QED) is 0.858. The van der Waals surface area contributed by atoms with Crippen LogP contribution in [0.3, 0.4) is 0 Å². The predicted octanol–water partition coefficient (Wildman–Crippen LogP) is 1.09. The Hall–Kier alpha value is -1.99. The van der Waals surface area contributed by atoms with Gasteiger partial charge in [0.2, 0.25) is 5.91 Å². The van der Waals surface area contributed by atoms with E-state index in [0.29, 0.717) is 15.9 Å². The molecule has 0 aromatic carbocycles. The number of aliphatic hydroxyl groups is 1. The topological polar surface area (TPSA) is 90.7 Å². The van der Waals surface area contributed by atoms with E-state index in [2.05, 4.69) is 4.98 Å². The summed E-state index contributed by atoms with van der Waals surface area (Å²) in [7, 11) is 0. The first-order chi connectivity index (χ1) is 9.08. The molecule has 1 atom stereocenters. The molecule has 98 valence electrons. The summed E-state index contributed by atoms with van der Waals surface area (Å²) in [6, 6.07) is 3.43. The lowest BCUT2D eigenvalue weighted by atomic mass is 10.2. The van der Waals surface area contributed by atoms with Crippen LogP contribution in [0.4, 0.5) is 5.69 Å². The van der Waals surface area contributed by atoms with Crippen molar-refractivity contribution in [2.45, 2.75) is 12.5 Å². The van der Waals surface area contributed by atoms with E-state index in [1.807, 2.05) is 0 Å². The van der Waals surface area contributed by atoms with Crippen LogP contribution in [0.15, 0.2) is 18.3 Å². The zero-order chi connectivity index (χ0) is 13.6. The summed E-state index contributed by atoms with van der Waals surface area (Å²) in [5.74, 6) is -1.36. The van der Waals surface area contributed by atoms with Crippen LogP contribution in [-0.2, 0) is 4.79 Å². The minimum absolute atomic E-state index is 0.0245. The highest BCUT2D eigenvalue weighted by molar-refractivity contribution is 7.21. The lowest BCUT2D eigenvalue weighted by molar-refractivity contribution is -0.117. The molecule has 0 bridgehead atoms.